The summed E-state index contributed by atoms with van der Waals surface area (Å²) >= 11 is 0. The molecule has 0 aliphatic heterocycles. The van der Waals surface area contributed by atoms with Crippen LogP contribution in [0, 0.1) is 39.3 Å². The van der Waals surface area contributed by atoms with Gasteiger partial charge in [0.25, 0.3) is 0 Å². The maximum atomic E-state index is 5.29. The van der Waals surface area contributed by atoms with Gasteiger partial charge in [-0.15, -0.1) is 73.6 Å². The van der Waals surface area contributed by atoms with Gasteiger partial charge in [-0.3, -0.25) is 4.57 Å². The minimum absolute atomic E-state index is 0. The van der Waals surface area contributed by atoms with Crippen LogP contribution in [0.1, 0.15) is 126 Å². The molecule has 0 amide bonds. The molecule has 638 valence electrons. The van der Waals surface area contributed by atoms with Crippen LogP contribution in [-0.4, -0.2) is 86.2 Å². The first-order valence-electron chi connectivity index (χ1n) is 43.4. The summed E-state index contributed by atoms with van der Waals surface area (Å²) in [5.41, 5.74) is 11.0. The largest absolute Gasteiger partial charge is 4.00 e. The van der Waals surface area contributed by atoms with E-state index in [-0.39, 0.29) is 65.0 Å². The molecule has 2 atom stereocenters. The zero-order valence-electron chi connectivity index (χ0n) is 76.5. The molecule has 9 nitrogen and oxygen atoms in total. The van der Waals surface area contributed by atoms with E-state index in [0.717, 1.165) is 5.96 Å². The molecular weight excluding hydrogens is 1700 g/mol. The van der Waals surface area contributed by atoms with Gasteiger partial charge in [-0.2, -0.15) is 12.6 Å². The Bertz CT molecular complexity index is 4360. The van der Waals surface area contributed by atoms with Gasteiger partial charge < -0.3 is 75.0 Å². The van der Waals surface area contributed by atoms with Crippen molar-refractivity contribution in [1.82, 2.24) is 19.0 Å². The first kappa shape index (κ1) is 104. The molecule has 3 fully saturated rings. The molecule has 0 bridgehead atoms. The van der Waals surface area contributed by atoms with Gasteiger partial charge in [0.15, 0.2) is 0 Å². The van der Waals surface area contributed by atoms with Gasteiger partial charge in [0.2, 0.25) is 5.96 Å². The first-order chi connectivity index (χ1) is 55.2. The normalized spacial score (nSPS) is 14.9. The average Bonchev–Trinajstić information content (AvgIpc) is 1.62. The number of hydrogen-bond acceptors (Lipinski definition) is 1. The molecule has 9 aromatic carbocycles. The van der Waals surface area contributed by atoms with Crippen molar-refractivity contribution in [3.63, 3.8) is 0 Å². The second-order valence-corrected chi connectivity index (χ2v) is 70.1. The number of para-hydroxylation sites is 6. The van der Waals surface area contributed by atoms with Crippen LogP contribution in [0.5, 0.6) is 0 Å². The molecule has 0 radical (unpaired) electrons. The van der Waals surface area contributed by atoms with Gasteiger partial charge in [0, 0.05) is 86.6 Å². The molecule has 3 aliphatic carbocycles. The fraction of sp³-hybridized carbons (Fsp3) is 0.402. The fourth-order valence-electron chi connectivity index (χ4n) is 13.7. The molecule has 0 spiro atoms. The third kappa shape index (κ3) is 41.0. The van der Waals surface area contributed by atoms with E-state index in [9.17, 15) is 0 Å². The van der Waals surface area contributed by atoms with E-state index < -0.39 is 48.4 Å². The predicted octanol–water partition coefficient (Wildman–Crippen LogP) is 31.4. The van der Waals surface area contributed by atoms with E-state index in [1.165, 1.54) is 178 Å². The second kappa shape index (κ2) is 51.3. The Morgan fingerprint density at radius 3 is 0.807 bits per heavy atom. The van der Waals surface area contributed by atoms with E-state index in [2.05, 4.69) is 413 Å². The maximum Gasteiger partial charge on any atom is 4.00 e. The zero-order valence-corrected chi connectivity index (χ0v) is 87.4. The van der Waals surface area contributed by atoms with Gasteiger partial charge in [-0.25, -0.2) is 4.99 Å². The van der Waals surface area contributed by atoms with Gasteiger partial charge >= 0.3 is 26.2 Å². The fourth-order valence-corrected chi connectivity index (χ4v) is 13.7. The van der Waals surface area contributed by atoms with Crippen LogP contribution < -0.4 is 5.32 Å². The summed E-state index contributed by atoms with van der Waals surface area (Å²) in [6.07, 6.45) is 18.6. The molecule has 119 heavy (non-hydrogen) atoms. The topological polar surface area (TPSA) is 95.6 Å². The van der Waals surface area contributed by atoms with Gasteiger partial charge in [0.05, 0.1) is 17.6 Å². The SMILES string of the molecule is [CH2-][Si](C)(C)C.[CH2-][Si](C)(C)C.[CH2-][Si](C)(C)C.[CH2-][Si](C)(C)C.[CH2-][Si](C)(C)C.[CH2-][Si](C)(C)C.[Zr+4].[Zr].c1ccc(CN=C(NC2CCCCC2)n2c3ccccc3c3ccccc32)cc1.c1ccc(C[N-]C([N-]C2CCCCC2)n2c3ccccc3c3ccccc32)cc1.c1ccc(C[N-]C([N-]C2CCCCC2)n2c3ccccc3c3ccccc32)cc1. The standard InChI is InChI=1S/3C26H27N3.6C4H11Si.2Zr/c3*1-3-11-20(12-4-1)19-27-26(28-21-13-5-2-6-14-21)29-24-17-9-7-15-22(24)23-16-8-10-18-25(23)29;6*1-5(2,3)4;;/h1,3-4,7-12,15-18,21H,2,5-6,13-14,19H2,(H,27,28);2*1,3-4,7-12,15-18,21,26H,2,5-6,13-14,19H2;6*1H2,2-4H3;;/q;2*-2;6*-1;;+4. The Hall–Kier alpha value is -5.24. The van der Waals surface area contributed by atoms with Crippen LogP contribution in [0.3, 0.4) is 0 Å². The smallest absolute Gasteiger partial charge is 0.658 e. The summed E-state index contributed by atoms with van der Waals surface area (Å²) in [5, 5.41) is 32.3. The Morgan fingerprint density at radius 2 is 0.538 bits per heavy atom. The summed E-state index contributed by atoms with van der Waals surface area (Å²) in [6.45, 7) is 65.4. The number of rotatable bonds is 15. The zero-order chi connectivity index (χ0) is 85.4. The van der Waals surface area contributed by atoms with Crippen LogP contribution >= 0.6 is 0 Å². The van der Waals surface area contributed by atoms with Gasteiger partial charge in [-0.1, -0.05) is 413 Å². The molecule has 3 saturated carbocycles. The minimum Gasteiger partial charge on any atom is -0.658 e. The van der Waals surface area contributed by atoms with Crippen molar-refractivity contribution in [3.8, 4) is 0 Å². The first-order valence-corrected chi connectivity index (χ1v) is 65.7. The van der Waals surface area contributed by atoms with Crippen LogP contribution in [-0.2, 0) is 72.0 Å². The van der Waals surface area contributed by atoms with Crippen LogP contribution in [0.2, 0.25) is 118 Å². The number of nitrogens with zero attached hydrogens (tertiary/aromatic N) is 8. The molecule has 2 unspecified atom stereocenters. The Balaban J connectivity index is 0.000000269. The van der Waals surface area contributed by atoms with Crippen LogP contribution in [0.15, 0.2) is 242 Å². The number of aliphatic imine (C=N–C) groups is 1. The third-order valence-electron chi connectivity index (χ3n) is 18.1. The van der Waals surface area contributed by atoms with Crippen molar-refractivity contribution in [2.24, 2.45) is 4.99 Å². The number of nitrogens with one attached hydrogen (secondary N) is 1. The van der Waals surface area contributed by atoms with Gasteiger partial charge in [-0.05, 0) is 54.8 Å². The van der Waals surface area contributed by atoms with Crippen molar-refractivity contribution in [3.05, 3.63) is 314 Å². The van der Waals surface area contributed by atoms with Crippen molar-refractivity contribution < 1.29 is 52.4 Å². The molecule has 3 heterocycles. The molecule has 3 aromatic heterocycles. The molecule has 12 aromatic rings. The molecule has 0 saturated heterocycles. The summed E-state index contributed by atoms with van der Waals surface area (Å²) in [5.74, 6) is 0.971. The van der Waals surface area contributed by atoms with Crippen molar-refractivity contribution >= 4 is 120 Å². The molecule has 17 heteroatoms. The van der Waals surface area contributed by atoms with Crippen molar-refractivity contribution in [2.45, 2.75) is 264 Å². The van der Waals surface area contributed by atoms with E-state index in [0.29, 0.717) is 37.8 Å². The van der Waals surface area contributed by atoms with Crippen molar-refractivity contribution in [1.29, 1.82) is 0 Å². The van der Waals surface area contributed by atoms with E-state index in [1.807, 2.05) is 0 Å². The Kier molecular flexibility index (Phi) is 44.9. The number of aromatic nitrogens is 3. The van der Waals surface area contributed by atoms with Crippen LogP contribution in [0.4, 0.5) is 0 Å². The van der Waals surface area contributed by atoms with Crippen molar-refractivity contribution in [2.75, 3.05) is 0 Å². The molecule has 15 rings (SSSR count). The number of hydrogen-bond donors (Lipinski definition) is 1. The quantitative estimate of drug-likeness (QED) is 0.0471. The Morgan fingerprint density at radius 1 is 0.319 bits per heavy atom. The maximum absolute atomic E-state index is 5.29. The van der Waals surface area contributed by atoms with Gasteiger partial charge in [0.1, 0.15) is 0 Å². The monoisotopic (exact) mass is 1850 g/mol. The van der Waals surface area contributed by atoms with E-state index in [1.54, 1.807) is 0 Å². The Labute approximate surface area is 767 Å². The predicted molar refractivity (Wildman–Crippen MR) is 539 cm³/mol. The summed E-state index contributed by atoms with van der Waals surface area (Å²) in [6, 6.07) is 84.8. The number of fused-ring (bicyclic) bond motifs is 9. The summed E-state index contributed by atoms with van der Waals surface area (Å²) in [4.78, 5) is 5.10. The summed E-state index contributed by atoms with van der Waals surface area (Å²) < 4.78 is 7.02. The van der Waals surface area contributed by atoms with E-state index in [4.69, 9.17) is 26.3 Å². The minimum atomic E-state index is -0.861. The second-order valence-electron chi connectivity index (χ2n) is 39.4. The molecule has 3 aliphatic rings. The number of benzene rings is 9. The third-order valence-corrected chi connectivity index (χ3v) is 18.1. The molecule has 1 N–H and O–H groups in total. The molecular formula is C102H147N9Si6Zr2-6. The average molecular weight is 1850 g/mol. The van der Waals surface area contributed by atoms with Crippen LogP contribution in [0.25, 0.3) is 86.7 Å². The van der Waals surface area contributed by atoms with E-state index >= 15 is 0 Å². The summed E-state index contributed by atoms with van der Waals surface area (Å²) in [7, 11) is -5.17.